The highest BCUT2D eigenvalue weighted by Gasteiger charge is 2.11. The van der Waals surface area contributed by atoms with Crippen molar-refractivity contribution >= 4 is 11.7 Å². The first-order chi connectivity index (χ1) is 13.7. The fourth-order valence-corrected chi connectivity index (χ4v) is 2.68. The molecule has 2 aromatic carbocycles. The lowest BCUT2D eigenvalue weighted by Crippen LogP contribution is -2.10. The van der Waals surface area contributed by atoms with E-state index in [0.29, 0.717) is 36.6 Å². The standard InChI is InChI=1S/C23H22N2O3/c1-2-27-23(26)19-12-13-25-22(15-19)21(24)14-17-8-10-20(11-9-17)28-16-18-6-4-3-5-7-18/h3-13,15,24H,2,14,16H2,1H3. The van der Waals surface area contributed by atoms with Crippen LogP contribution in [0.3, 0.4) is 0 Å². The van der Waals surface area contributed by atoms with E-state index in [9.17, 15) is 4.79 Å². The molecule has 28 heavy (non-hydrogen) atoms. The molecular weight excluding hydrogens is 352 g/mol. The Hall–Kier alpha value is -3.47. The van der Waals surface area contributed by atoms with E-state index < -0.39 is 5.97 Å². The molecule has 0 saturated carbocycles. The number of rotatable bonds is 8. The molecule has 0 radical (unpaired) electrons. The van der Waals surface area contributed by atoms with Gasteiger partial charge in [0.15, 0.2) is 0 Å². The molecule has 5 nitrogen and oxygen atoms in total. The number of carbonyl (C=O) groups is 1. The maximum absolute atomic E-state index is 11.8. The number of aromatic nitrogens is 1. The molecule has 1 N–H and O–H groups in total. The van der Waals surface area contributed by atoms with Gasteiger partial charge in [0.2, 0.25) is 0 Å². The first-order valence-electron chi connectivity index (χ1n) is 9.12. The maximum Gasteiger partial charge on any atom is 0.338 e. The summed E-state index contributed by atoms with van der Waals surface area (Å²) in [5, 5.41) is 8.31. The summed E-state index contributed by atoms with van der Waals surface area (Å²) in [4.78, 5) is 16.0. The lowest BCUT2D eigenvalue weighted by molar-refractivity contribution is 0.0526. The Labute approximate surface area is 164 Å². The highest BCUT2D eigenvalue weighted by molar-refractivity contribution is 6.00. The molecular formula is C23H22N2O3. The number of hydrogen-bond acceptors (Lipinski definition) is 5. The second-order valence-electron chi connectivity index (χ2n) is 6.22. The molecule has 142 valence electrons. The number of nitrogens with zero attached hydrogens (tertiary/aromatic N) is 1. The summed E-state index contributed by atoms with van der Waals surface area (Å²) in [6.07, 6.45) is 1.94. The maximum atomic E-state index is 11.8. The van der Waals surface area contributed by atoms with Gasteiger partial charge >= 0.3 is 5.97 Å². The number of pyridine rings is 1. The quantitative estimate of drug-likeness (QED) is 0.467. The first-order valence-corrected chi connectivity index (χ1v) is 9.12. The third-order valence-electron chi connectivity index (χ3n) is 4.13. The lowest BCUT2D eigenvalue weighted by atomic mass is 10.0. The van der Waals surface area contributed by atoms with Gasteiger partial charge in [-0.25, -0.2) is 4.79 Å². The average molecular weight is 374 g/mol. The van der Waals surface area contributed by atoms with Crippen LogP contribution in [0.4, 0.5) is 0 Å². The minimum Gasteiger partial charge on any atom is -0.489 e. The Morgan fingerprint density at radius 2 is 1.75 bits per heavy atom. The molecule has 0 spiro atoms. The van der Waals surface area contributed by atoms with Crippen LogP contribution in [0.5, 0.6) is 5.75 Å². The zero-order chi connectivity index (χ0) is 19.8. The number of benzene rings is 2. The van der Waals surface area contributed by atoms with E-state index in [0.717, 1.165) is 16.9 Å². The van der Waals surface area contributed by atoms with Crippen LogP contribution in [-0.2, 0) is 17.8 Å². The fourth-order valence-electron chi connectivity index (χ4n) is 2.68. The summed E-state index contributed by atoms with van der Waals surface area (Å²) in [5.41, 5.74) is 3.29. The normalized spacial score (nSPS) is 10.3. The summed E-state index contributed by atoms with van der Waals surface area (Å²) >= 11 is 0. The number of esters is 1. The SMILES string of the molecule is CCOC(=O)c1ccnc(C(=N)Cc2ccc(OCc3ccccc3)cc2)c1. The van der Waals surface area contributed by atoms with Crippen LogP contribution in [0.2, 0.25) is 0 Å². The van der Waals surface area contributed by atoms with Gasteiger partial charge in [-0.1, -0.05) is 42.5 Å². The van der Waals surface area contributed by atoms with Crippen molar-refractivity contribution < 1.29 is 14.3 Å². The summed E-state index contributed by atoms with van der Waals surface area (Å²) in [6, 6.07) is 20.8. The Bertz CT molecular complexity index is 938. The fraction of sp³-hybridized carbons (Fsp3) is 0.174. The molecule has 3 aromatic rings. The molecule has 0 amide bonds. The number of ether oxygens (including phenoxy) is 2. The van der Waals surface area contributed by atoms with Crippen LogP contribution in [0, 0.1) is 5.41 Å². The Morgan fingerprint density at radius 1 is 1.00 bits per heavy atom. The number of hydrogen-bond donors (Lipinski definition) is 1. The van der Waals surface area contributed by atoms with Crippen molar-refractivity contribution in [3.63, 3.8) is 0 Å². The van der Waals surface area contributed by atoms with Crippen molar-refractivity contribution in [2.24, 2.45) is 0 Å². The lowest BCUT2D eigenvalue weighted by Gasteiger charge is -2.09. The molecule has 5 heteroatoms. The Balaban J connectivity index is 1.60. The van der Waals surface area contributed by atoms with Gasteiger partial charge in [-0.2, -0.15) is 0 Å². The molecule has 0 fully saturated rings. The zero-order valence-corrected chi connectivity index (χ0v) is 15.7. The van der Waals surface area contributed by atoms with E-state index in [1.165, 1.54) is 6.20 Å². The van der Waals surface area contributed by atoms with E-state index in [4.69, 9.17) is 14.9 Å². The zero-order valence-electron chi connectivity index (χ0n) is 15.7. The van der Waals surface area contributed by atoms with Crippen LogP contribution < -0.4 is 4.74 Å². The van der Waals surface area contributed by atoms with Gasteiger partial charge < -0.3 is 14.9 Å². The van der Waals surface area contributed by atoms with E-state index >= 15 is 0 Å². The molecule has 1 aromatic heterocycles. The molecule has 1 heterocycles. The van der Waals surface area contributed by atoms with Gasteiger partial charge in [0.25, 0.3) is 0 Å². The number of carbonyl (C=O) groups excluding carboxylic acids is 1. The van der Waals surface area contributed by atoms with Crippen molar-refractivity contribution in [2.75, 3.05) is 6.61 Å². The summed E-state index contributed by atoms with van der Waals surface area (Å²) in [5.74, 6) is 0.375. The first kappa shape index (κ1) is 19.3. The second kappa shape index (κ2) is 9.46. The largest absolute Gasteiger partial charge is 0.489 e. The van der Waals surface area contributed by atoms with Crippen molar-refractivity contribution in [1.82, 2.24) is 4.98 Å². The van der Waals surface area contributed by atoms with Gasteiger partial charge in [0, 0.05) is 12.6 Å². The van der Waals surface area contributed by atoms with Crippen LogP contribution in [0.25, 0.3) is 0 Å². The Morgan fingerprint density at radius 3 is 2.46 bits per heavy atom. The van der Waals surface area contributed by atoms with Crippen molar-refractivity contribution in [3.8, 4) is 5.75 Å². The molecule has 3 rings (SSSR count). The molecule has 0 atom stereocenters. The van der Waals surface area contributed by atoms with Crippen LogP contribution >= 0.6 is 0 Å². The third kappa shape index (κ3) is 5.27. The molecule has 0 bridgehead atoms. The van der Waals surface area contributed by atoms with E-state index in [1.54, 1.807) is 19.1 Å². The predicted octanol–water partition coefficient (Wildman–Crippen LogP) is 4.45. The van der Waals surface area contributed by atoms with E-state index in [2.05, 4.69) is 4.98 Å². The summed E-state index contributed by atoms with van der Waals surface area (Å²) < 4.78 is 10.8. The van der Waals surface area contributed by atoms with Gasteiger partial charge in [0.05, 0.1) is 23.6 Å². The summed E-state index contributed by atoms with van der Waals surface area (Å²) in [7, 11) is 0. The molecule has 0 aliphatic rings. The smallest absolute Gasteiger partial charge is 0.338 e. The number of nitrogens with one attached hydrogen (secondary N) is 1. The van der Waals surface area contributed by atoms with Gasteiger partial charge in [0.1, 0.15) is 12.4 Å². The highest BCUT2D eigenvalue weighted by Crippen LogP contribution is 2.16. The van der Waals surface area contributed by atoms with Crippen LogP contribution in [-0.4, -0.2) is 23.3 Å². The van der Waals surface area contributed by atoms with Crippen LogP contribution in [0.1, 0.15) is 34.1 Å². The summed E-state index contributed by atoms with van der Waals surface area (Å²) in [6.45, 7) is 2.59. The van der Waals surface area contributed by atoms with Crippen molar-refractivity contribution in [1.29, 1.82) is 5.41 Å². The topological polar surface area (TPSA) is 72.3 Å². The van der Waals surface area contributed by atoms with Gasteiger partial charge in [-0.3, -0.25) is 4.98 Å². The molecule has 0 aliphatic carbocycles. The minimum atomic E-state index is -0.404. The van der Waals surface area contributed by atoms with Crippen molar-refractivity contribution in [3.05, 3.63) is 95.3 Å². The Kier molecular flexibility index (Phi) is 6.52. The van der Waals surface area contributed by atoms with E-state index in [-0.39, 0.29) is 0 Å². The van der Waals surface area contributed by atoms with E-state index in [1.807, 2.05) is 54.6 Å². The van der Waals surface area contributed by atoms with Gasteiger partial charge in [-0.15, -0.1) is 0 Å². The molecule has 0 unspecified atom stereocenters. The second-order valence-corrected chi connectivity index (χ2v) is 6.22. The third-order valence-corrected chi connectivity index (χ3v) is 4.13. The van der Waals surface area contributed by atoms with Crippen molar-refractivity contribution in [2.45, 2.75) is 20.0 Å². The molecule has 0 saturated heterocycles. The molecule has 0 aliphatic heterocycles. The minimum absolute atomic E-state index is 0.312. The predicted molar refractivity (Wildman–Crippen MR) is 108 cm³/mol. The highest BCUT2D eigenvalue weighted by atomic mass is 16.5. The van der Waals surface area contributed by atoms with Gasteiger partial charge in [-0.05, 0) is 42.3 Å². The average Bonchev–Trinajstić information content (AvgIpc) is 2.74. The monoisotopic (exact) mass is 374 g/mol. The van der Waals surface area contributed by atoms with Crippen LogP contribution in [0.15, 0.2) is 72.9 Å².